The smallest absolute Gasteiger partial charge is 0.262 e. The van der Waals surface area contributed by atoms with E-state index < -0.39 is 39.3 Å². The summed E-state index contributed by atoms with van der Waals surface area (Å²) < 4.78 is 46.9. The van der Waals surface area contributed by atoms with E-state index in [1.54, 1.807) is 24.3 Å². The van der Waals surface area contributed by atoms with Gasteiger partial charge in [0.2, 0.25) is 15.9 Å². The third kappa shape index (κ3) is 3.60. The zero-order valence-corrected chi connectivity index (χ0v) is 19.0. The largest absolute Gasteiger partial charge is 0.358 e. The number of ether oxygens (including phenoxy) is 1. The number of amides is 3. The Labute approximate surface area is 195 Å². The number of imide groups is 1. The van der Waals surface area contributed by atoms with Gasteiger partial charge in [0, 0.05) is 32.5 Å². The number of halogens is 1. The maximum absolute atomic E-state index is 13.3. The number of carbonyl (C=O) groups is 3. The molecule has 0 atom stereocenters. The van der Waals surface area contributed by atoms with Crippen molar-refractivity contribution in [1.29, 1.82) is 0 Å². The van der Waals surface area contributed by atoms with Crippen molar-refractivity contribution in [2.24, 2.45) is 0 Å². The number of likely N-dealkylation sites (tertiary alicyclic amines) is 1. The van der Waals surface area contributed by atoms with Gasteiger partial charge in [-0.25, -0.2) is 12.8 Å². The lowest BCUT2D eigenvalue weighted by Crippen LogP contribution is -2.56. The molecule has 3 aliphatic heterocycles. The number of hydrogen-bond acceptors (Lipinski definition) is 6. The Morgan fingerprint density at radius 1 is 0.941 bits per heavy atom. The van der Waals surface area contributed by atoms with Crippen LogP contribution in [0.4, 0.5) is 4.39 Å². The summed E-state index contributed by atoms with van der Waals surface area (Å²) in [5.41, 5.74) is -0.544. The van der Waals surface area contributed by atoms with Crippen LogP contribution >= 0.6 is 0 Å². The van der Waals surface area contributed by atoms with E-state index in [0.717, 1.165) is 17.0 Å². The van der Waals surface area contributed by atoms with Gasteiger partial charge < -0.3 is 9.64 Å². The first-order valence-electron chi connectivity index (χ1n) is 10.9. The van der Waals surface area contributed by atoms with Crippen molar-refractivity contribution in [3.05, 3.63) is 65.5 Å². The average Bonchev–Trinajstić information content (AvgIpc) is 3.35. The fourth-order valence-electron chi connectivity index (χ4n) is 4.78. The molecule has 0 saturated carbocycles. The molecule has 3 aliphatic rings. The molecule has 0 unspecified atom stereocenters. The van der Waals surface area contributed by atoms with E-state index in [1.807, 2.05) is 0 Å². The number of rotatable bonds is 4. The van der Waals surface area contributed by atoms with Crippen LogP contribution in [0.3, 0.4) is 0 Å². The third-order valence-electron chi connectivity index (χ3n) is 6.59. The number of carbonyl (C=O) groups excluding carboxylic acids is 3. The molecule has 178 valence electrons. The van der Waals surface area contributed by atoms with Crippen molar-refractivity contribution in [3.63, 3.8) is 0 Å². The Morgan fingerprint density at radius 2 is 1.53 bits per heavy atom. The van der Waals surface area contributed by atoms with Crippen LogP contribution in [0.25, 0.3) is 0 Å². The highest BCUT2D eigenvalue weighted by Gasteiger charge is 2.51. The van der Waals surface area contributed by atoms with Crippen LogP contribution in [0.15, 0.2) is 53.4 Å². The fourth-order valence-corrected chi connectivity index (χ4v) is 6.51. The second kappa shape index (κ2) is 8.26. The van der Waals surface area contributed by atoms with Crippen LogP contribution in [-0.4, -0.2) is 78.8 Å². The minimum atomic E-state index is -3.92. The molecule has 0 radical (unpaired) electrons. The van der Waals surface area contributed by atoms with Crippen LogP contribution in [0.1, 0.15) is 33.6 Å². The Morgan fingerprint density at radius 3 is 2.12 bits per heavy atom. The molecule has 0 aliphatic carbocycles. The van der Waals surface area contributed by atoms with E-state index in [-0.39, 0.29) is 61.6 Å². The van der Waals surface area contributed by atoms with Gasteiger partial charge in [0.05, 0.1) is 22.6 Å². The molecule has 0 aromatic heterocycles. The fraction of sp³-hybridized carbons (Fsp3) is 0.348. The molecular weight excluding hydrogens is 465 g/mol. The van der Waals surface area contributed by atoms with Gasteiger partial charge in [-0.1, -0.05) is 12.1 Å². The summed E-state index contributed by atoms with van der Waals surface area (Å²) in [6.45, 7) is 0.402. The number of fused-ring (bicyclic) bond motifs is 1. The predicted octanol–water partition coefficient (Wildman–Crippen LogP) is 1.46. The summed E-state index contributed by atoms with van der Waals surface area (Å²) in [6, 6.07) is 11.1. The molecule has 0 N–H and O–H groups in total. The van der Waals surface area contributed by atoms with E-state index in [9.17, 15) is 27.2 Å². The molecular formula is C23H22FN3O6S. The summed E-state index contributed by atoms with van der Waals surface area (Å²) in [5, 5.41) is 0. The van der Waals surface area contributed by atoms with Crippen molar-refractivity contribution in [1.82, 2.24) is 14.1 Å². The van der Waals surface area contributed by atoms with Crippen LogP contribution in [0.2, 0.25) is 0 Å². The van der Waals surface area contributed by atoms with Crippen LogP contribution in [-0.2, 0) is 19.6 Å². The Kier molecular flexibility index (Phi) is 5.50. The quantitative estimate of drug-likeness (QED) is 0.605. The molecule has 1 spiro atoms. The van der Waals surface area contributed by atoms with Gasteiger partial charge >= 0.3 is 0 Å². The second-order valence-electron chi connectivity index (χ2n) is 8.45. The molecule has 2 saturated heterocycles. The summed E-state index contributed by atoms with van der Waals surface area (Å²) >= 11 is 0. The maximum atomic E-state index is 13.3. The average molecular weight is 488 g/mol. The first-order valence-corrected chi connectivity index (χ1v) is 12.3. The van der Waals surface area contributed by atoms with E-state index in [2.05, 4.69) is 0 Å². The lowest BCUT2D eigenvalue weighted by Gasteiger charge is -2.43. The Bertz CT molecular complexity index is 1240. The Balaban J connectivity index is 1.27. The second-order valence-corrected chi connectivity index (χ2v) is 10.3. The molecule has 2 aromatic carbocycles. The molecule has 2 aromatic rings. The molecule has 3 amide bonds. The first kappa shape index (κ1) is 22.6. The number of nitrogens with zero attached hydrogens (tertiary/aromatic N) is 3. The van der Waals surface area contributed by atoms with E-state index in [4.69, 9.17) is 4.74 Å². The van der Waals surface area contributed by atoms with Crippen molar-refractivity contribution >= 4 is 27.7 Å². The lowest BCUT2D eigenvalue weighted by molar-refractivity contribution is -0.140. The van der Waals surface area contributed by atoms with Gasteiger partial charge in [0.25, 0.3) is 11.8 Å². The summed E-state index contributed by atoms with van der Waals surface area (Å²) in [7, 11) is -3.92. The van der Waals surface area contributed by atoms with Crippen molar-refractivity contribution in [3.8, 4) is 0 Å². The number of benzene rings is 2. The number of piperidine rings is 1. The normalized spacial score (nSPS) is 20.3. The van der Waals surface area contributed by atoms with Gasteiger partial charge in [-0.2, -0.15) is 4.31 Å². The highest BCUT2D eigenvalue weighted by molar-refractivity contribution is 7.89. The number of sulfonamides is 1. The standard InChI is InChI=1S/C23H22FN3O6S/c24-16-5-7-17(8-6-16)34(31,32)27-13-14-33-23(27)9-11-25(12-10-23)20(28)15-26-21(29)18-3-1-2-4-19(18)22(26)30/h1-8H,9-15H2. The predicted molar refractivity (Wildman–Crippen MR) is 117 cm³/mol. The summed E-state index contributed by atoms with van der Waals surface area (Å²) in [4.78, 5) is 40.4. The molecule has 0 bridgehead atoms. The van der Waals surface area contributed by atoms with Crippen LogP contribution in [0, 0.1) is 5.82 Å². The SMILES string of the molecule is O=C(CN1C(=O)c2ccccc2C1=O)N1CCC2(CC1)OCCN2S(=O)(=O)c1ccc(F)cc1. The van der Waals surface area contributed by atoms with Crippen molar-refractivity contribution < 1.29 is 31.9 Å². The first-order chi connectivity index (χ1) is 16.2. The zero-order valence-electron chi connectivity index (χ0n) is 18.1. The van der Waals surface area contributed by atoms with Crippen molar-refractivity contribution in [2.75, 3.05) is 32.8 Å². The van der Waals surface area contributed by atoms with Gasteiger partial charge in [-0.3, -0.25) is 19.3 Å². The van der Waals surface area contributed by atoms with Gasteiger partial charge in [0.15, 0.2) is 0 Å². The monoisotopic (exact) mass is 487 g/mol. The van der Waals surface area contributed by atoms with Crippen LogP contribution < -0.4 is 0 Å². The van der Waals surface area contributed by atoms with Gasteiger partial charge in [0.1, 0.15) is 18.1 Å². The highest BCUT2D eigenvalue weighted by Crippen LogP contribution is 2.38. The van der Waals surface area contributed by atoms with E-state index in [0.29, 0.717) is 0 Å². The van der Waals surface area contributed by atoms with E-state index >= 15 is 0 Å². The van der Waals surface area contributed by atoms with Gasteiger partial charge in [-0.15, -0.1) is 0 Å². The minimum absolute atomic E-state index is 0.0251. The molecule has 34 heavy (non-hydrogen) atoms. The molecule has 11 heteroatoms. The molecule has 3 heterocycles. The number of hydrogen-bond donors (Lipinski definition) is 0. The van der Waals surface area contributed by atoms with Crippen LogP contribution in [0.5, 0.6) is 0 Å². The summed E-state index contributed by atoms with van der Waals surface area (Å²) in [6.07, 6.45) is 0.475. The molecule has 5 rings (SSSR count). The topological polar surface area (TPSA) is 104 Å². The molecule has 2 fully saturated rings. The third-order valence-corrected chi connectivity index (χ3v) is 8.55. The lowest BCUT2D eigenvalue weighted by atomic mass is 10.0. The zero-order chi connectivity index (χ0) is 24.1. The maximum Gasteiger partial charge on any atom is 0.262 e. The van der Waals surface area contributed by atoms with Crippen molar-refractivity contribution in [2.45, 2.75) is 23.5 Å². The highest BCUT2D eigenvalue weighted by atomic mass is 32.2. The van der Waals surface area contributed by atoms with Gasteiger partial charge in [-0.05, 0) is 36.4 Å². The molecule has 9 nitrogen and oxygen atoms in total. The summed E-state index contributed by atoms with van der Waals surface area (Å²) in [5.74, 6) is -1.93. The van der Waals surface area contributed by atoms with E-state index in [1.165, 1.54) is 21.3 Å². The minimum Gasteiger partial charge on any atom is -0.358 e. The Hall–Kier alpha value is -3.15.